The number of benzene rings is 2. The van der Waals surface area contributed by atoms with E-state index in [1.165, 1.54) is 23.1 Å². The fourth-order valence-electron chi connectivity index (χ4n) is 3.13. The summed E-state index contributed by atoms with van der Waals surface area (Å²) in [6.07, 6.45) is 1.57. The SMILES string of the molecule is CC[C@H](C)NC(=O)[C@H](C)N(Cc1ccc(Cl)c(Cl)c1)C(=O)CN(c1ccccc1F)S(C)(=O)=O. The van der Waals surface area contributed by atoms with Gasteiger partial charge in [0.2, 0.25) is 21.8 Å². The van der Waals surface area contributed by atoms with Crippen molar-refractivity contribution in [2.24, 2.45) is 0 Å². The van der Waals surface area contributed by atoms with Gasteiger partial charge in [-0.25, -0.2) is 12.8 Å². The maximum absolute atomic E-state index is 14.4. The monoisotopic (exact) mass is 531 g/mol. The van der Waals surface area contributed by atoms with Crippen molar-refractivity contribution in [3.8, 4) is 0 Å². The second-order valence-electron chi connectivity index (χ2n) is 7.99. The maximum atomic E-state index is 14.4. The van der Waals surface area contributed by atoms with Crippen LogP contribution in [0.3, 0.4) is 0 Å². The third-order valence-corrected chi connectivity index (χ3v) is 7.17. The zero-order valence-corrected chi connectivity index (χ0v) is 21.7. The van der Waals surface area contributed by atoms with Gasteiger partial charge in [0.1, 0.15) is 18.4 Å². The van der Waals surface area contributed by atoms with Gasteiger partial charge in [-0.2, -0.15) is 0 Å². The maximum Gasteiger partial charge on any atom is 0.244 e. The van der Waals surface area contributed by atoms with E-state index in [4.69, 9.17) is 23.2 Å². The van der Waals surface area contributed by atoms with Gasteiger partial charge in [-0.15, -0.1) is 0 Å². The van der Waals surface area contributed by atoms with Crippen molar-refractivity contribution in [2.75, 3.05) is 17.1 Å². The van der Waals surface area contributed by atoms with Crippen molar-refractivity contribution in [3.05, 3.63) is 63.9 Å². The summed E-state index contributed by atoms with van der Waals surface area (Å²) in [5, 5.41) is 3.42. The molecule has 0 saturated heterocycles. The minimum atomic E-state index is -4.02. The Balaban J connectivity index is 2.42. The van der Waals surface area contributed by atoms with Crippen LogP contribution in [0.25, 0.3) is 0 Å². The molecule has 0 unspecified atom stereocenters. The van der Waals surface area contributed by atoms with E-state index >= 15 is 0 Å². The summed E-state index contributed by atoms with van der Waals surface area (Å²) in [4.78, 5) is 27.5. The minimum absolute atomic E-state index is 0.0420. The Hall–Kier alpha value is -2.36. The Morgan fingerprint density at radius 2 is 1.74 bits per heavy atom. The number of halogens is 3. The molecule has 2 atom stereocenters. The standard InChI is InChI=1S/C23H28Cl2FN3O4S/c1-5-15(2)27-23(31)16(3)28(13-17-10-11-18(24)19(25)12-17)22(30)14-29(34(4,32)33)21-9-7-6-8-20(21)26/h6-12,15-16H,5,13-14H2,1-4H3,(H,27,31)/t15-,16-/m0/s1. The summed E-state index contributed by atoms with van der Waals surface area (Å²) in [7, 11) is -4.02. The van der Waals surface area contributed by atoms with Crippen LogP contribution in [0.4, 0.5) is 10.1 Å². The molecule has 7 nitrogen and oxygen atoms in total. The van der Waals surface area contributed by atoms with Crippen molar-refractivity contribution >= 4 is 50.7 Å². The molecule has 0 aliphatic rings. The summed E-state index contributed by atoms with van der Waals surface area (Å²) in [6, 6.07) is 8.97. The van der Waals surface area contributed by atoms with Gasteiger partial charge in [0, 0.05) is 12.6 Å². The lowest BCUT2D eigenvalue weighted by Crippen LogP contribution is -2.52. The summed E-state index contributed by atoms with van der Waals surface area (Å²) >= 11 is 12.1. The molecule has 11 heteroatoms. The molecular formula is C23H28Cl2FN3O4S. The third kappa shape index (κ3) is 7.32. The van der Waals surface area contributed by atoms with Crippen LogP contribution in [0, 0.1) is 5.82 Å². The van der Waals surface area contributed by atoms with Crippen molar-refractivity contribution in [3.63, 3.8) is 0 Å². The number of hydrogen-bond acceptors (Lipinski definition) is 4. The van der Waals surface area contributed by atoms with Gasteiger partial charge in [-0.05, 0) is 50.1 Å². The molecule has 0 saturated carbocycles. The first-order valence-electron chi connectivity index (χ1n) is 10.6. The normalized spacial score (nSPS) is 13.1. The first-order valence-corrected chi connectivity index (χ1v) is 13.2. The highest BCUT2D eigenvalue weighted by atomic mass is 35.5. The Labute approximate surface area is 209 Å². The summed E-state index contributed by atoms with van der Waals surface area (Å²) in [5.41, 5.74) is 0.326. The first-order chi connectivity index (χ1) is 15.8. The molecule has 0 bridgehead atoms. The van der Waals surface area contributed by atoms with E-state index in [2.05, 4.69) is 5.32 Å². The molecule has 34 heavy (non-hydrogen) atoms. The quantitative estimate of drug-likeness (QED) is 0.496. The van der Waals surface area contributed by atoms with Crippen molar-refractivity contribution in [2.45, 2.75) is 45.8 Å². The molecule has 0 spiro atoms. The molecule has 0 radical (unpaired) electrons. The fourth-order valence-corrected chi connectivity index (χ4v) is 4.30. The highest BCUT2D eigenvalue weighted by Crippen LogP contribution is 2.25. The number of carbonyl (C=O) groups excluding carboxylic acids is 2. The number of anilines is 1. The zero-order valence-electron chi connectivity index (χ0n) is 19.4. The van der Waals surface area contributed by atoms with Gasteiger partial charge in [0.05, 0.1) is 22.0 Å². The molecule has 0 aromatic heterocycles. The molecular weight excluding hydrogens is 504 g/mol. The van der Waals surface area contributed by atoms with Gasteiger partial charge in [-0.3, -0.25) is 13.9 Å². The van der Waals surface area contributed by atoms with E-state index in [0.717, 1.165) is 12.3 Å². The average Bonchev–Trinajstić information content (AvgIpc) is 2.77. The Morgan fingerprint density at radius 1 is 1.09 bits per heavy atom. The van der Waals surface area contributed by atoms with Gasteiger partial charge < -0.3 is 10.2 Å². The summed E-state index contributed by atoms with van der Waals surface area (Å²) < 4.78 is 40.0. The number of sulfonamides is 1. The van der Waals surface area contributed by atoms with Crippen LogP contribution in [0.1, 0.15) is 32.8 Å². The van der Waals surface area contributed by atoms with E-state index in [-0.39, 0.29) is 23.3 Å². The van der Waals surface area contributed by atoms with Crippen LogP contribution < -0.4 is 9.62 Å². The van der Waals surface area contributed by atoms with Gasteiger partial charge in [0.15, 0.2) is 0 Å². The van der Waals surface area contributed by atoms with Crippen LogP contribution in [-0.2, 0) is 26.2 Å². The van der Waals surface area contributed by atoms with E-state index in [9.17, 15) is 22.4 Å². The second-order valence-corrected chi connectivity index (χ2v) is 10.7. The largest absolute Gasteiger partial charge is 0.352 e. The van der Waals surface area contributed by atoms with E-state index in [1.54, 1.807) is 25.1 Å². The van der Waals surface area contributed by atoms with Crippen molar-refractivity contribution in [1.29, 1.82) is 0 Å². The number of carbonyl (C=O) groups is 2. The number of amides is 2. The second kappa shape index (κ2) is 11.9. The summed E-state index contributed by atoms with van der Waals surface area (Å²) in [6.45, 7) is 4.55. The third-order valence-electron chi connectivity index (χ3n) is 5.31. The molecule has 186 valence electrons. The zero-order chi connectivity index (χ0) is 25.6. The predicted molar refractivity (Wildman–Crippen MR) is 133 cm³/mol. The molecule has 2 aromatic carbocycles. The fraction of sp³-hybridized carbons (Fsp3) is 0.391. The molecule has 0 fully saturated rings. The van der Waals surface area contributed by atoms with Crippen LogP contribution in [-0.4, -0.2) is 50.0 Å². The molecule has 2 amide bonds. The van der Waals surface area contributed by atoms with Gasteiger partial charge in [-0.1, -0.05) is 48.3 Å². The van der Waals surface area contributed by atoms with Crippen LogP contribution >= 0.6 is 23.2 Å². The number of nitrogens with one attached hydrogen (secondary N) is 1. The van der Waals surface area contributed by atoms with Gasteiger partial charge in [0.25, 0.3) is 0 Å². The number of nitrogens with zero attached hydrogens (tertiary/aromatic N) is 2. The Morgan fingerprint density at radius 3 is 2.29 bits per heavy atom. The van der Waals surface area contributed by atoms with Crippen LogP contribution in [0.5, 0.6) is 0 Å². The molecule has 0 aliphatic carbocycles. The average molecular weight is 532 g/mol. The van der Waals surface area contributed by atoms with Crippen molar-refractivity contribution in [1.82, 2.24) is 10.2 Å². The van der Waals surface area contributed by atoms with E-state index in [0.29, 0.717) is 21.3 Å². The van der Waals surface area contributed by atoms with E-state index in [1.807, 2.05) is 13.8 Å². The molecule has 0 heterocycles. The number of hydrogen-bond donors (Lipinski definition) is 1. The highest BCUT2D eigenvalue weighted by Gasteiger charge is 2.31. The predicted octanol–water partition coefficient (Wildman–Crippen LogP) is 4.23. The lowest BCUT2D eigenvalue weighted by Gasteiger charge is -2.32. The lowest BCUT2D eigenvalue weighted by atomic mass is 10.1. The first kappa shape index (κ1) is 27.9. The van der Waals surface area contributed by atoms with Crippen molar-refractivity contribution < 1.29 is 22.4 Å². The van der Waals surface area contributed by atoms with Crippen LogP contribution in [0.15, 0.2) is 42.5 Å². The topological polar surface area (TPSA) is 86.8 Å². The molecule has 0 aliphatic heterocycles. The minimum Gasteiger partial charge on any atom is -0.352 e. The molecule has 2 rings (SSSR count). The molecule has 2 aromatic rings. The number of rotatable bonds is 10. The van der Waals surface area contributed by atoms with Gasteiger partial charge >= 0.3 is 0 Å². The van der Waals surface area contributed by atoms with E-state index < -0.39 is 40.2 Å². The Bertz CT molecular complexity index is 1150. The smallest absolute Gasteiger partial charge is 0.244 e. The van der Waals surface area contributed by atoms with Crippen LogP contribution in [0.2, 0.25) is 10.0 Å². The highest BCUT2D eigenvalue weighted by molar-refractivity contribution is 7.92. The summed E-state index contributed by atoms with van der Waals surface area (Å²) in [5.74, 6) is -1.88. The Kier molecular flexibility index (Phi) is 9.73. The molecule has 1 N–H and O–H groups in total. The lowest BCUT2D eigenvalue weighted by molar-refractivity contribution is -0.139. The number of para-hydroxylation sites is 1.